The van der Waals surface area contributed by atoms with Crippen molar-refractivity contribution in [3.05, 3.63) is 29.4 Å². The first-order chi connectivity index (χ1) is 11.3. The summed E-state index contributed by atoms with van der Waals surface area (Å²) in [4.78, 5) is 12.7. The Bertz CT molecular complexity index is 828. The minimum atomic E-state index is -0.0926. The van der Waals surface area contributed by atoms with E-state index in [1.807, 2.05) is 11.6 Å². The third-order valence-electron chi connectivity index (χ3n) is 4.07. The molecule has 0 N–H and O–H groups in total. The van der Waals surface area contributed by atoms with Crippen LogP contribution in [0.2, 0.25) is 0 Å². The van der Waals surface area contributed by atoms with Gasteiger partial charge in [-0.25, -0.2) is 9.97 Å². The van der Waals surface area contributed by atoms with E-state index in [1.54, 1.807) is 17.7 Å². The summed E-state index contributed by atoms with van der Waals surface area (Å²) < 4.78 is 7.81. The van der Waals surface area contributed by atoms with Crippen molar-refractivity contribution in [2.75, 3.05) is 24.6 Å². The van der Waals surface area contributed by atoms with E-state index in [-0.39, 0.29) is 6.10 Å². The van der Waals surface area contributed by atoms with Crippen LogP contribution in [0, 0.1) is 0 Å². The van der Waals surface area contributed by atoms with Crippen LogP contribution in [-0.2, 0) is 18.2 Å². The van der Waals surface area contributed by atoms with Crippen LogP contribution in [0.15, 0.2) is 17.8 Å². The van der Waals surface area contributed by atoms with Crippen LogP contribution in [0.4, 0.5) is 5.82 Å². The van der Waals surface area contributed by atoms with E-state index >= 15 is 0 Å². The van der Waals surface area contributed by atoms with Crippen molar-refractivity contribution < 1.29 is 4.74 Å². The Balaban J connectivity index is 1.70. The quantitative estimate of drug-likeness (QED) is 0.731. The highest BCUT2D eigenvalue weighted by Gasteiger charge is 2.27. The van der Waals surface area contributed by atoms with Gasteiger partial charge in [0.05, 0.1) is 18.5 Å². The molecule has 4 rings (SSSR count). The van der Waals surface area contributed by atoms with E-state index in [9.17, 15) is 0 Å². The highest BCUT2D eigenvalue weighted by molar-refractivity contribution is 7.16. The van der Waals surface area contributed by atoms with Gasteiger partial charge < -0.3 is 14.2 Å². The first-order valence-electron chi connectivity index (χ1n) is 7.71. The molecule has 7 nitrogen and oxygen atoms in total. The molecule has 3 aromatic heterocycles. The minimum absolute atomic E-state index is 0.0926. The van der Waals surface area contributed by atoms with Crippen molar-refractivity contribution in [2.24, 2.45) is 7.05 Å². The van der Waals surface area contributed by atoms with Gasteiger partial charge in [-0.15, -0.1) is 21.5 Å². The van der Waals surface area contributed by atoms with Crippen molar-refractivity contribution in [3.63, 3.8) is 0 Å². The lowest BCUT2D eigenvalue weighted by atomic mass is 10.2. The lowest BCUT2D eigenvalue weighted by Gasteiger charge is -2.33. The van der Waals surface area contributed by atoms with E-state index < -0.39 is 0 Å². The predicted octanol–water partition coefficient (Wildman–Crippen LogP) is 1.96. The average Bonchev–Trinajstić information content (AvgIpc) is 3.22. The fraction of sp³-hybridized carbons (Fsp3) is 0.467. The van der Waals surface area contributed by atoms with E-state index in [0.717, 1.165) is 47.2 Å². The van der Waals surface area contributed by atoms with Gasteiger partial charge in [0.1, 0.15) is 28.9 Å². The summed E-state index contributed by atoms with van der Waals surface area (Å²) in [7, 11) is 1.94. The van der Waals surface area contributed by atoms with E-state index in [0.29, 0.717) is 6.61 Å². The standard InChI is InChI=1S/C15H18N6OS/c1-3-12-17-13(10-4-7-23-15(10)18-12)21-5-6-22-11(8-21)14-19-16-9-20(14)2/h4,7,9,11H,3,5-6,8H2,1-2H3. The molecule has 1 aliphatic heterocycles. The number of thiophene rings is 1. The van der Waals surface area contributed by atoms with Gasteiger partial charge in [-0.2, -0.15) is 0 Å². The molecule has 23 heavy (non-hydrogen) atoms. The monoisotopic (exact) mass is 330 g/mol. The van der Waals surface area contributed by atoms with Gasteiger partial charge in [0.2, 0.25) is 0 Å². The number of hydrogen-bond acceptors (Lipinski definition) is 7. The topological polar surface area (TPSA) is 69.0 Å². The number of aryl methyl sites for hydroxylation is 2. The van der Waals surface area contributed by atoms with Crippen LogP contribution >= 0.6 is 11.3 Å². The average molecular weight is 330 g/mol. The number of morpholine rings is 1. The van der Waals surface area contributed by atoms with Gasteiger partial charge in [0.15, 0.2) is 5.82 Å². The molecule has 8 heteroatoms. The number of fused-ring (bicyclic) bond motifs is 1. The van der Waals surface area contributed by atoms with E-state index in [2.05, 4.69) is 38.5 Å². The van der Waals surface area contributed by atoms with Gasteiger partial charge in [0.25, 0.3) is 0 Å². The van der Waals surface area contributed by atoms with Crippen LogP contribution in [-0.4, -0.2) is 44.4 Å². The fourth-order valence-corrected chi connectivity index (χ4v) is 3.64. The Morgan fingerprint density at radius 2 is 2.30 bits per heavy atom. The molecule has 0 spiro atoms. The summed E-state index contributed by atoms with van der Waals surface area (Å²) in [6.45, 7) is 4.27. The number of aromatic nitrogens is 5. The van der Waals surface area contributed by atoms with Crippen molar-refractivity contribution in [1.82, 2.24) is 24.7 Å². The Morgan fingerprint density at radius 1 is 1.39 bits per heavy atom. The number of hydrogen-bond donors (Lipinski definition) is 0. The SMILES string of the molecule is CCc1nc(N2CCOC(c3nncn3C)C2)c2ccsc2n1. The Kier molecular flexibility index (Phi) is 3.70. The zero-order valence-corrected chi connectivity index (χ0v) is 14.0. The molecule has 1 saturated heterocycles. The van der Waals surface area contributed by atoms with Crippen molar-refractivity contribution in [3.8, 4) is 0 Å². The molecule has 1 unspecified atom stereocenters. The minimum Gasteiger partial charge on any atom is -0.366 e. The summed E-state index contributed by atoms with van der Waals surface area (Å²) >= 11 is 1.66. The normalized spacial score (nSPS) is 18.7. The summed E-state index contributed by atoms with van der Waals surface area (Å²) in [5, 5.41) is 11.3. The fourth-order valence-electron chi connectivity index (χ4n) is 2.86. The second kappa shape index (κ2) is 5.86. The molecule has 1 fully saturated rings. The number of anilines is 1. The molecule has 4 heterocycles. The highest BCUT2D eigenvalue weighted by atomic mass is 32.1. The molecule has 1 aliphatic rings. The molecule has 0 saturated carbocycles. The number of nitrogens with zero attached hydrogens (tertiary/aromatic N) is 6. The Morgan fingerprint density at radius 3 is 3.09 bits per heavy atom. The molecule has 0 aliphatic carbocycles. The zero-order valence-electron chi connectivity index (χ0n) is 13.1. The van der Waals surface area contributed by atoms with Gasteiger partial charge in [-0.3, -0.25) is 0 Å². The lowest BCUT2D eigenvalue weighted by molar-refractivity contribution is 0.0319. The molecule has 1 atom stereocenters. The van der Waals surface area contributed by atoms with Crippen molar-refractivity contribution in [2.45, 2.75) is 19.4 Å². The summed E-state index contributed by atoms with van der Waals surface area (Å²) in [6.07, 6.45) is 2.44. The van der Waals surface area contributed by atoms with Crippen LogP contribution in [0.1, 0.15) is 24.7 Å². The predicted molar refractivity (Wildman–Crippen MR) is 88.7 cm³/mol. The Hall–Kier alpha value is -2.06. The summed E-state index contributed by atoms with van der Waals surface area (Å²) in [5.41, 5.74) is 0. The summed E-state index contributed by atoms with van der Waals surface area (Å²) in [6, 6.07) is 2.10. The van der Waals surface area contributed by atoms with Gasteiger partial charge in [-0.05, 0) is 11.4 Å². The lowest BCUT2D eigenvalue weighted by Crippen LogP contribution is -2.40. The van der Waals surface area contributed by atoms with E-state index in [1.165, 1.54) is 0 Å². The van der Waals surface area contributed by atoms with Crippen LogP contribution in [0.25, 0.3) is 10.2 Å². The summed E-state index contributed by atoms with van der Waals surface area (Å²) in [5.74, 6) is 2.74. The first-order valence-corrected chi connectivity index (χ1v) is 8.58. The maximum absolute atomic E-state index is 5.90. The smallest absolute Gasteiger partial charge is 0.163 e. The number of ether oxygens (including phenoxy) is 1. The molecule has 0 bridgehead atoms. The maximum atomic E-state index is 5.90. The largest absolute Gasteiger partial charge is 0.366 e. The molecule has 0 radical (unpaired) electrons. The molecule has 3 aromatic rings. The van der Waals surface area contributed by atoms with Crippen LogP contribution < -0.4 is 4.90 Å². The van der Waals surface area contributed by atoms with Crippen LogP contribution in [0.5, 0.6) is 0 Å². The maximum Gasteiger partial charge on any atom is 0.163 e. The van der Waals surface area contributed by atoms with Gasteiger partial charge in [0, 0.05) is 20.0 Å². The second-order valence-electron chi connectivity index (χ2n) is 5.56. The molecule has 0 aromatic carbocycles. The third kappa shape index (κ3) is 2.57. The zero-order chi connectivity index (χ0) is 15.8. The van der Waals surface area contributed by atoms with Crippen molar-refractivity contribution in [1.29, 1.82) is 0 Å². The molecular weight excluding hydrogens is 312 g/mol. The first kappa shape index (κ1) is 14.5. The molecular formula is C15H18N6OS. The van der Waals surface area contributed by atoms with Crippen LogP contribution in [0.3, 0.4) is 0 Å². The van der Waals surface area contributed by atoms with Gasteiger partial charge >= 0.3 is 0 Å². The number of rotatable bonds is 3. The Labute approximate surface area is 137 Å². The van der Waals surface area contributed by atoms with E-state index in [4.69, 9.17) is 9.72 Å². The molecule has 120 valence electrons. The highest BCUT2D eigenvalue weighted by Crippen LogP contribution is 2.31. The molecule has 0 amide bonds. The van der Waals surface area contributed by atoms with Gasteiger partial charge in [-0.1, -0.05) is 6.92 Å². The third-order valence-corrected chi connectivity index (χ3v) is 4.87. The van der Waals surface area contributed by atoms with Crippen molar-refractivity contribution >= 4 is 27.4 Å². The second-order valence-corrected chi connectivity index (χ2v) is 6.46.